The van der Waals surface area contributed by atoms with Crippen LogP contribution in [0.5, 0.6) is 0 Å². The molecule has 2 spiro atoms. The Kier molecular flexibility index (Phi) is 5.34. The van der Waals surface area contributed by atoms with Crippen molar-refractivity contribution in [3.05, 3.63) is 0 Å². The van der Waals surface area contributed by atoms with E-state index in [1.165, 1.54) is 51.9 Å². The van der Waals surface area contributed by atoms with E-state index in [-0.39, 0.29) is 11.3 Å². The molecule has 204 valence electrons. The van der Waals surface area contributed by atoms with E-state index in [1.807, 2.05) is 0 Å². The minimum Gasteiger partial charge on any atom is -0.457 e. The molecule has 0 radical (unpaired) electrons. The van der Waals surface area contributed by atoms with Crippen LogP contribution in [-0.2, 0) is 14.3 Å². The Morgan fingerprint density at radius 1 is 0.972 bits per heavy atom. The minimum absolute atomic E-state index is 0.0927. The quantitative estimate of drug-likeness (QED) is 0.473. The molecule has 0 amide bonds. The van der Waals surface area contributed by atoms with E-state index < -0.39 is 29.6 Å². The molecule has 0 aromatic heterocycles. The maximum atomic E-state index is 12.1. The molecule has 0 aromatic rings. The SMILES string of the molecule is CC(=O)O[C@@H](C1CCC2C3(C)CC[C@@]45CC46CC[C@H](C)C(C)(C)C6CCC5C3C[C@]2(O)O1)C(C)(C)O. The van der Waals surface area contributed by atoms with E-state index in [0.29, 0.717) is 40.9 Å². The number of carbonyl (C=O) groups is 1. The van der Waals surface area contributed by atoms with Crippen LogP contribution in [0.25, 0.3) is 0 Å². The van der Waals surface area contributed by atoms with Crippen molar-refractivity contribution in [1.29, 1.82) is 0 Å². The highest BCUT2D eigenvalue weighted by atomic mass is 16.7. The van der Waals surface area contributed by atoms with Gasteiger partial charge in [-0.1, -0.05) is 27.7 Å². The number of hydrogen-bond donors (Lipinski definition) is 2. The van der Waals surface area contributed by atoms with Gasteiger partial charge in [-0.25, -0.2) is 0 Å². The molecule has 1 aliphatic heterocycles. The molecule has 6 rings (SSSR count). The van der Waals surface area contributed by atoms with Gasteiger partial charge in [-0.2, -0.15) is 0 Å². The predicted octanol–water partition coefficient (Wildman–Crippen LogP) is 5.85. The normalized spacial score (nSPS) is 53.7. The second kappa shape index (κ2) is 7.50. The summed E-state index contributed by atoms with van der Waals surface area (Å²) in [6.45, 7) is 14.7. The maximum Gasteiger partial charge on any atom is 0.303 e. The maximum absolute atomic E-state index is 12.1. The van der Waals surface area contributed by atoms with E-state index in [9.17, 15) is 15.0 Å². The first-order valence-electron chi connectivity index (χ1n) is 14.9. The molecule has 2 N–H and O–H groups in total. The Bertz CT molecular complexity index is 938. The van der Waals surface area contributed by atoms with E-state index in [4.69, 9.17) is 9.47 Å². The number of hydrogen-bond acceptors (Lipinski definition) is 5. The number of ether oxygens (including phenoxy) is 2. The Balaban J connectivity index is 1.28. The molecule has 0 bridgehead atoms. The van der Waals surface area contributed by atoms with E-state index in [1.54, 1.807) is 13.8 Å². The fourth-order valence-corrected chi connectivity index (χ4v) is 11.6. The molecule has 6 aliphatic rings. The lowest BCUT2D eigenvalue weighted by atomic mass is 9.45. The molecule has 0 aromatic carbocycles. The highest BCUT2D eigenvalue weighted by Crippen LogP contribution is 2.87. The molecule has 5 nitrogen and oxygen atoms in total. The zero-order valence-electron chi connectivity index (χ0n) is 23.7. The van der Waals surface area contributed by atoms with Crippen LogP contribution in [-0.4, -0.2) is 39.8 Å². The molecule has 5 aliphatic carbocycles. The Labute approximate surface area is 218 Å². The van der Waals surface area contributed by atoms with Gasteiger partial charge in [0, 0.05) is 19.3 Å². The highest BCUT2D eigenvalue weighted by molar-refractivity contribution is 5.66. The van der Waals surface area contributed by atoms with E-state index >= 15 is 0 Å². The van der Waals surface area contributed by atoms with Gasteiger partial charge in [-0.05, 0) is 117 Å². The Hall–Kier alpha value is -0.650. The first-order valence-corrected chi connectivity index (χ1v) is 14.9. The van der Waals surface area contributed by atoms with Crippen LogP contribution >= 0.6 is 0 Å². The zero-order valence-corrected chi connectivity index (χ0v) is 23.7. The largest absolute Gasteiger partial charge is 0.457 e. The monoisotopic (exact) mass is 502 g/mol. The molecule has 36 heavy (non-hydrogen) atoms. The molecule has 1 saturated heterocycles. The molecule has 11 atom stereocenters. The smallest absolute Gasteiger partial charge is 0.303 e. The lowest BCUT2D eigenvalue weighted by Gasteiger charge is -2.59. The van der Waals surface area contributed by atoms with Crippen LogP contribution in [0.1, 0.15) is 113 Å². The minimum atomic E-state index is -1.23. The summed E-state index contributed by atoms with van der Waals surface area (Å²) in [7, 11) is 0. The van der Waals surface area contributed by atoms with E-state index in [2.05, 4.69) is 27.7 Å². The van der Waals surface area contributed by atoms with Crippen LogP contribution in [0.2, 0.25) is 0 Å². The fourth-order valence-electron chi connectivity index (χ4n) is 11.6. The van der Waals surface area contributed by atoms with Gasteiger partial charge in [0.2, 0.25) is 0 Å². The van der Waals surface area contributed by atoms with Crippen LogP contribution < -0.4 is 0 Å². The Morgan fingerprint density at radius 3 is 2.33 bits per heavy atom. The van der Waals surface area contributed by atoms with Gasteiger partial charge >= 0.3 is 5.97 Å². The molecular formula is C31H50O5. The van der Waals surface area contributed by atoms with Crippen molar-refractivity contribution >= 4 is 5.97 Å². The van der Waals surface area contributed by atoms with Gasteiger partial charge < -0.3 is 19.7 Å². The standard InChI is InChI=1S/C31H50O5/c1-18-12-13-30-17-29(30)15-14-28(7)21(20(29)8-10-23(30)26(18,3)4)16-31(34)24(28)11-9-22(36-31)25(27(5,6)33)35-19(2)32/h18,20-25,33-34H,8-17H2,1-7H3/t18-,20?,21?,22?,23?,24?,25-,28?,29-,30?,31-/m0/s1. The Morgan fingerprint density at radius 2 is 1.67 bits per heavy atom. The van der Waals surface area contributed by atoms with Crippen molar-refractivity contribution in [1.82, 2.24) is 0 Å². The van der Waals surface area contributed by atoms with Crippen molar-refractivity contribution in [3.63, 3.8) is 0 Å². The third-order valence-corrected chi connectivity index (χ3v) is 13.5. The molecular weight excluding hydrogens is 452 g/mol. The van der Waals surface area contributed by atoms with Crippen molar-refractivity contribution in [2.24, 2.45) is 51.2 Å². The molecule has 1 heterocycles. The van der Waals surface area contributed by atoms with Crippen LogP contribution in [0.3, 0.4) is 0 Å². The summed E-state index contributed by atoms with van der Waals surface area (Å²) in [6, 6.07) is 0. The first kappa shape index (κ1) is 25.6. The van der Waals surface area contributed by atoms with Crippen molar-refractivity contribution in [2.75, 3.05) is 0 Å². The van der Waals surface area contributed by atoms with Crippen LogP contribution in [0.4, 0.5) is 0 Å². The second-order valence-electron chi connectivity index (χ2n) is 15.6. The van der Waals surface area contributed by atoms with Gasteiger partial charge in [0.1, 0.15) is 6.10 Å². The average molecular weight is 503 g/mol. The number of aliphatic hydroxyl groups is 2. The average Bonchev–Trinajstić information content (AvgIpc) is 3.37. The van der Waals surface area contributed by atoms with Crippen molar-refractivity contribution in [3.8, 4) is 0 Å². The van der Waals surface area contributed by atoms with Gasteiger partial charge in [0.05, 0.1) is 5.60 Å². The van der Waals surface area contributed by atoms with Gasteiger partial charge in [-0.3, -0.25) is 4.79 Å². The van der Waals surface area contributed by atoms with Crippen LogP contribution in [0.15, 0.2) is 0 Å². The summed E-state index contributed by atoms with van der Waals surface area (Å²) < 4.78 is 12.1. The molecule has 5 heteroatoms. The van der Waals surface area contributed by atoms with E-state index in [0.717, 1.165) is 18.3 Å². The summed E-state index contributed by atoms with van der Waals surface area (Å²) >= 11 is 0. The lowest BCUT2D eigenvalue weighted by molar-refractivity contribution is -0.306. The highest BCUT2D eigenvalue weighted by Gasteiger charge is 2.81. The zero-order chi connectivity index (χ0) is 26.1. The molecule has 6 fully saturated rings. The van der Waals surface area contributed by atoms with Gasteiger partial charge in [0.15, 0.2) is 11.9 Å². The summed E-state index contributed by atoms with van der Waals surface area (Å²) in [5, 5.41) is 22.9. The third-order valence-electron chi connectivity index (χ3n) is 13.5. The first-order chi connectivity index (χ1) is 16.6. The summed E-state index contributed by atoms with van der Waals surface area (Å²) in [5.74, 6) is 1.31. The van der Waals surface area contributed by atoms with Crippen molar-refractivity contribution < 1.29 is 24.5 Å². The third kappa shape index (κ3) is 3.14. The van der Waals surface area contributed by atoms with Gasteiger partial charge in [0.25, 0.3) is 0 Å². The topological polar surface area (TPSA) is 76.0 Å². The summed E-state index contributed by atoms with van der Waals surface area (Å²) in [6.07, 6.45) is 10.3. The summed E-state index contributed by atoms with van der Waals surface area (Å²) in [4.78, 5) is 11.8. The fraction of sp³-hybridized carbons (Fsp3) is 0.968. The number of carbonyl (C=O) groups excluding carboxylic acids is 1. The molecule has 7 unspecified atom stereocenters. The summed E-state index contributed by atoms with van der Waals surface area (Å²) in [5.41, 5.74) is 0.301. The molecule has 5 saturated carbocycles. The van der Waals surface area contributed by atoms with Crippen LogP contribution in [0, 0.1) is 51.2 Å². The number of esters is 1. The number of rotatable bonds is 3. The number of fused-ring (bicyclic) bond motifs is 4. The lowest BCUT2D eigenvalue weighted by Crippen LogP contribution is -2.57. The van der Waals surface area contributed by atoms with Crippen molar-refractivity contribution in [2.45, 2.75) is 136 Å². The second-order valence-corrected chi connectivity index (χ2v) is 15.6. The van der Waals surface area contributed by atoms with Gasteiger partial charge in [-0.15, -0.1) is 0 Å². The predicted molar refractivity (Wildman–Crippen MR) is 138 cm³/mol.